The van der Waals surface area contributed by atoms with E-state index in [1.807, 2.05) is 20.8 Å². The summed E-state index contributed by atoms with van der Waals surface area (Å²) in [6, 6.07) is 0. The second-order valence-corrected chi connectivity index (χ2v) is 5.06. The Labute approximate surface area is 95.8 Å². The van der Waals surface area contributed by atoms with Crippen LogP contribution >= 0.6 is 0 Å². The van der Waals surface area contributed by atoms with Crippen molar-refractivity contribution in [3.8, 4) is 0 Å². The minimum atomic E-state index is -0.867. The highest BCUT2D eigenvalue weighted by Crippen LogP contribution is 2.15. The molecule has 0 aromatic rings. The molecule has 0 bridgehead atoms. The molecule has 1 amide bonds. The van der Waals surface area contributed by atoms with Crippen molar-refractivity contribution in [2.24, 2.45) is 15.4 Å². The van der Waals surface area contributed by atoms with Crippen LogP contribution in [0.2, 0.25) is 0 Å². The van der Waals surface area contributed by atoms with Gasteiger partial charge in [0.1, 0.15) is 5.54 Å². The van der Waals surface area contributed by atoms with E-state index >= 15 is 0 Å². The van der Waals surface area contributed by atoms with Gasteiger partial charge in [0.2, 0.25) is 5.91 Å². The average molecular weight is 228 g/mol. The number of amidine groups is 1. The minimum absolute atomic E-state index is 0.0769. The molecule has 0 saturated carbocycles. The Morgan fingerprint density at radius 2 is 1.62 bits per heavy atom. The Balaban J connectivity index is 4.89. The maximum atomic E-state index is 10.9. The van der Waals surface area contributed by atoms with Gasteiger partial charge in [-0.25, -0.2) is 0 Å². The van der Waals surface area contributed by atoms with Crippen LogP contribution in [0.15, 0.2) is 15.4 Å². The van der Waals surface area contributed by atoms with Crippen molar-refractivity contribution in [2.45, 2.75) is 52.6 Å². The molecule has 0 radical (unpaired) electrons. The van der Waals surface area contributed by atoms with Gasteiger partial charge in [0.25, 0.3) is 0 Å². The Hall–Kier alpha value is -1.46. The van der Waals surface area contributed by atoms with E-state index in [1.165, 1.54) is 6.92 Å². The fourth-order valence-electron chi connectivity index (χ4n) is 0.789. The molecule has 0 aromatic heterocycles. The molecular formula is C10H20N4O2. The number of carbonyl (C=O) groups is 1. The first-order valence-electron chi connectivity index (χ1n) is 5.02. The lowest BCUT2D eigenvalue weighted by atomic mass is 10.1. The van der Waals surface area contributed by atoms with E-state index in [4.69, 9.17) is 5.21 Å². The number of hydrogen-bond acceptors (Lipinski definition) is 5. The lowest BCUT2D eigenvalue weighted by molar-refractivity contribution is -0.117. The standard InChI is InChI=1S/C10H20N4O2/c1-7(15)11-8(12-16)10(5,6)14-13-9(2,3)4/h16H,1-6H3,(H,11,12,15). The van der Waals surface area contributed by atoms with Crippen LogP contribution < -0.4 is 5.32 Å². The lowest BCUT2D eigenvalue weighted by Gasteiger charge is -2.21. The number of carbonyl (C=O) groups excluding carboxylic acids is 1. The quantitative estimate of drug-likeness (QED) is 0.249. The fourth-order valence-corrected chi connectivity index (χ4v) is 0.789. The zero-order valence-electron chi connectivity index (χ0n) is 10.7. The van der Waals surface area contributed by atoms with Gasteiger partial charge in [0, 0.05) is 6.92 Å². The van der Waals surface area contributed by atoms with Crippen molar-refractivity contribution in [1.82, 2.24) is 5.32 Å². The molecule has 0 unspecified atom stereocenters. The number of nitrogens with zero attached hydrogens (tertiary/aromatic N) is 3. The summed E-state index contributed by atoms with van der Waals surface area (Å²) in [7, 11) is 0. The number of hydrogen-bond donors (Lipinski definition) is 2. The number of nitrogens with one attached hydrogen (secondary N) is 1. The molecule has 6 heteroatoms. The van der Waals surface area contributed by atoms with Crippen LogP contribution in [0.4, 0.5) is 0 Å². The Bertz CT molecular complexity index is 313. The molecule has 16 heavy (non-hydrogen) atoms. The van der Waals surface area contributed by atoms with Crippen LogP contribution in [0.3, 0.4) is 0 Å². The highest BCUT2D eigenvalue weighted by Gasteiger charge is 2.27. The molecule has 0 aliphatic heterocycles. The third-order valence-corrected chi connectivity index (χ3v) is 1.57. The van der Waals surface area contributed by atoms with E-state index in [1.54, 1.807) is 13.8 Å². The van der Waals surface area contributed by atoms with Crippen LogP contribution in [0, 0.1) is 0 Å². The zero-order valence-corrected chi connectivity index (χ0v) is 10.7. The lowest BCUT2D eigenvalue weighted by Crippen LogP contribution is -2.43. The fraction of sp³-hybridized carbons (Fsp3) is 0.800. The first-order valence-corrected chi connectivity index (χ1v) is 5.02. The highest BCUT2D eigenvalue weighted by molar-refractivity contribution is 6.01. The molecule has 0 spiro atoms. The van der Waals surface area contributed by atoms with Gasteiger partial charge in [-0.05, 0) is 34.6 Å². The van der Waals surface area contributed by atoms with Gasteiger partial charge < -0.3 is 10.5 Å². The molecule has 0 fully saturated rings. The summed E-state index contributed by atoms with van der Waals surface area (Å²) in [6.07, 6.45) is 0. The Kier molecular flexibility index (Phi) is 4.59. The normalized spacial score (nSPS) is 14.2. The van der Waals surface area contributed by atoms with Gasteiger partial charge in [-0.2, -0.15) is 10.2 Å². The van der Waals surface area contributed by atoms with Crippen LogP contribution in [0.5, 0.6) is 0 Å². The topological polar surface area (TPSA) is 86.4 Å². The molecule has 0 atom stereocenters. The van der Waals surface area contributed by atoms with E-state index in [0.717, 1.165) is 0 Å². The van der Waals surface area contributed by atoms with Crippen LogP contribution in [-0.2, 0) is 4.79 Å². The summed E-state index contributed by atoms with van der Waals surface area (Å²) >= 11 is 0. The summed E-state index contributed by atoms with van der Waals surface area (Å²) in [5.74, 6) is -0.236. The molecule has 0 aliphatic rings. The van der Waals surface area contributed by atoms with Crippen LogP contribution in [0.25, 0.3) is 0 Å². The van der Waals surface area contributed by atoms with E-state index in [2.05, 4.69) is 20.7 Å². The van der Waals surface area contributed by atoms with E-state index < -0.39 is 5.54 Å². The highest BCUT2D eigenvalue weighted by atomic mass is 16.4. The molecule has 0 aliphatic carbocycles. The maximum Gasteiger partial charge on any atom is 0.222 e. The van der Waals surface area contributed by atoms with Crippen molar-refractivity contribution in [1.29, 1.82) is 0 Å². The third kappa shape index (κ3) is 5.43. The Morgan fingerprint density at radius 3 is 1.94 bits per heavy atom. The molecule has 0 heterocycles. The number of amides is 1. The monoisotopic (exact) mass is 228 g/mol. The summed E-state index contributed by atoms with van der Waals surface area (Å²) in [6.45, 7) is 10.4. The molecule has 2 N–H and O–H groups in total. The van der Waals surface area contributed by atoms with Gasteiger partial charge in [-0.15, -0.1) is 0 Å². The predicted molar refractivity (Wildman–Crippen MR) is 61.7 cm³/mol. The van der Waals surface area contributed by atoms with Gasteiger partial charge >= 0.3 is 0 Å². The molecule has 6 nitrogen and oxygen atoms in total. The second-order valence-electron chi connectivity index (χ2n) is 5.06. The van der Waals surface area contributed by atoms with Crippen molar-refractivity contribution < 1.29 is 10.0 Å². The Morgan fingerprint density at radius 1 is 1.12 bits per heavy atom. The smallest absolute Gasteiger partial charge is 0.222 e. The maximum absolute atomic E-state index is 10.9. The number of rotatable bonds is 2. The largest absolute Gasteiger partial charge is 0.409 e. The average Bonchev–Trinajstić information content (AvgIpc) is 2.09. The zero-order chi connectivity index (χ0) is 13.0. The first kappa shape index (κ1) is 14.5. The summed E-state index contributed by atoms with van der Waals surface area (Å²) < 4.78 is 0. The summed E-state index contributed by atoms with van der Waals surface area (Å²) in [5.41, 5.74) is -1.18. The van der Waals surface area contributed by atoms with Crippen molar-refractivity contribution in [2.75, 3.05) is 0 Å². The van der Waals surface area contributed by atoms with E-state index in [-0.39, 0.29) is 17.3 Å². The summed E-state index contributed by atoms with van der Waals surface area (Å²) in [5, 5.41) is 22.4. The third-order valence-electron chi connectivity index (χ3n) is 1.57. The van der Waals surface area contributed by atoms with Gasteiger partial charge in [0.05, 0.1) is 5.54 Å². The first-order chi connectivity index (χ1) is 7.08. The molecule has 92 valence electrons. The molecule has 0 rings (SSSR count). The predicted octanol–water partition coefficient (Wildman–Crippen LogP) is 1.94. The van der Waals surface area contributed by atoms with Crippen molar-refractivity contribution in [3.05, 3.63) is 0 Å². The minimum Gasteiger partial charge on any atom is -0.409 e. The van der Waals surface area contributed by atoms with E-state index in [9.17, 15) is 4.79 Å². The van der Waals surface area contributed by atoms with E-state index in [0.29, 0.717) is 0 Å². The van der Waals surface area contributed by atoms with Crippen LogP contribution in [-0.4, -0.2) is 28.0 Å². The molecular weight excluding hydrogens is 208 g/mol. The number of azo groups is 1. The number of oxime groups is 1. The molecule has 0 aromatic carbocycles. The van der Waals surface area contributed by atoms with Gasteiger partial charge in [-0.1, -0.05) is 5.16 Å². The summed E-state index contributed by atoms with van der Waals surface area (Å²) in [4.78, 5) is 10.9. The SMILES string of the molecule is CC(=O)NC(=NO)C(C)(C)N=NC(C)(C)C. The second kappa shape index (κ2) is 5.05. The van der Waals surface area contributed by atoms with Crippen LogP contribution in [0.1, 0.15) is 41.5 Å². The van der Waals surface area contributed by atoms with Crippen molar-refractivity contribution >= 4 is 11.7 Å². The van der Waals surface area contributed by atoms with Gasteiger partial charge in [0.15, 0.2) is 5.84 Å². The van der Waals surface area contributed by atoms with Crippen molar-refractivity contribution in [3.63, 3.8) is 0 Å². The molecule has 0 saturated heterocycles. The van der Waals surface area contributed by atoms with Gasteiger partial charge in [-0.3, -0.25) is 4.79 Å².